The summed E-state index contributed by atoms with van der Waals surface area (Å²) in [4.78, 5) is 4.13. The van der Waals surface area contributed by atoms with E-state index in [2.05, 4.69) is 11.9 Å². The first-order valence-electron chi connectivity index (χ1n) is 5.86. The summed E-state index contributed by atoms with van der Waals surface area (Å²) in [5.41, 5.74) is 1.29. The molecule has 0 amide bonds. The third-order valence-electron chi connectivity index (χ3n) is 2.42. The van der Waals surface area contributed by atoms with E-state index >= 15 is 0 Å². The van der Waals surface area contributed by atoms with Crippen LogP contribution >= 0.6 is 0 Å². The van der Waals surface area contributed by atoms with Gasteiger partial charge in [0.05, 0.1) is 12.8 Å². The summed E-state index contributed by atoms with van der Waals surface area (Å²) in [6, 6.07) is 0. The van der Waals surface area contributed by atoms with Crippen molar-refractivity contribution >= 4 is 0 Å². The van der Waals surface area contributed by atoms with Gasteiger partial charge in [-0.15, -0.1) is 0 Å². The van der Waals surface area contributed by atoms with Gasteiger partial charge in [-0.3, -0.25) is 0 Å². The highest BCUT2D eigenvalue weighted by Crippen LogP contribution is 2.01. The predicted molar refractivity (Wildman–Crippen MR) is 61.7 cm³/mol. The highest BCUT2D eigenvalue weighted by molar-refractivity contribution is 4.93. The Hall–Kier alpha value is -1.16. The van der Waals surface area contributed by atoms with E-state index in [1.165, 1.54) is 25.5 Å². The van der Waals surface area contributed by atoms with Gasteiger partial charge in [-0.2, -0.15) is 4.73 Å². The number of rotatable bonds is 7. The van der Waals surface area contributed by atoms with Crippen molar-refractivity contribution in [3.8, 4) is 0 Å². The molecule has 0 aliphatic rings. The average Bonchev–Trinajstić information content (AvgIpc) is 2.28. The smallest absolute Gasteiger partial charge is 0.207 e. The maximum Gasteiger partial charge on any atom is 0.207 e. The molecule has 1 heterocycles. The van der Waals surface area contributed by atoms with Crippen molar-refractivity contribution in [2.45, 2.75) is 46.1 Å². The van der Waals surface area contributed by atoms with Gasteiger partial charge in [-0.25, -0.2) is 4.98 Å². The normalized spacial score (nSPS) is 10.6. The highest BCUT2D eigenvalue weighted by Gasteiger charge is 2.02. The van der Waals surface area contributed by atoms with Crippen LogP contribution < -0.4 is 4.73 Å². The molecule has 1 aromatic heterocycles. The molecular weight excluding hydrogens is 204 g/mol. The Morgan fingerprint density at radius 2 is 2.19 bits per heavy atom. The molecule has 0 aromatic carbocycles. The second kappa shape index (κ2) is 7.17. The summed E-state index contributed by atoms with van der Waals surface area (Å²) in [5, 5.41) is 11.2. The van der Waals surface area contributed by atoms with E-state index in [0.717, 1.165) is 17.8 Å². The fraction of sp³-hybridized carbons (Fsp3) is 0.667. The Bertz CT molecular complexity index is 316. The van der Waals surface area contributed by atoms with Crippen molar-refractivity contribution < 1.29 is 9.47 Å². The first-order chi connectivity index (χ1) is 7.74. The van der Waals surface area contributed by atoms with Gasteiger partial charge < -0.3 is 9.94 Å². The fourth-order valence-corrected chi connectivity index (χ4v) is 1.39. The van der Waals surface area contributed by atoms with Crippen molar-refractivity contribution in [3.63, 3.8) is 0 Å². The summed E-state index contributed by atoms with van der Waals surface area (Å²) in [7, 11) is 0. The number of ether oxygens (including phenoxy) is 1. The topological polar surface area (TPSA) is 49.1 Å². The summed E-state index contributed by atoms with van der Waals surface area (Å²) < 4.78 is 6.27. The highest BCUT2D eigenvalue weighted by atomic mass is 16.5. The maximum absolute atomic E-state index is 11.2. The summed E-state index contributed by atoms with van der Waals surface area (Å²) in [5.74, 6) is 0. The van der Waals surface area contributed by atoms with E-state index in [-0.39, 0.29) is 0 Å². The van der Waals surface area contributed by atoms with E-state index in [1.807, 2.05) is 0 Å². The number of hydrogen-bond acceptors (Lipinski definition) is 3. The molecule has 1 rings (SSSR count). The Kier molecular flexibility index (Phi) is 5.78. The largest absolute Gasteiger partial charge is 0.618 e. The van der Waals surface area contributed by atoms with Gasteiger partial charge in [-0.05, 0) is 6.42 Å². The lowest BCUT2D eigenvalue weighted by Crippen LogP contribution is -2.30. The van der Waals surface area contributed by atoms with Crippen LogP contribution in [0.3, 0.4) is 0 Å². The Morgan fingerprint density at radius 3 is 2.88 bits per heavy atom. The van der Waals surface area contributed by atoms with Crippen LogP contribution in [0.4, 0.5) is 0 Å². The minimum Gasteiger partial charge on any atom is -0.618 e. The molecule has 0 fully saturated rings. The van der Waals surface area contributed by atoms with Gasteiger partial charge in [0, 0.05) is 13.5 Å². The van der Waals surface area contributed by atoms with Crippen LogP contribution in [0.5, 0.6) is 0 Å². The molecule has 0 N–H and O–H groups in total. The molecule has 0 aliphatic heterocycles. The Morgan fingerprint density at radius 1 is 1.38 bits per heavy atom. The van der Waals surface area contributed by atoms with Crippen LogP contribution in [-0.2, 0) is 11.3 Å². The van der Waals surface area contributed by atoms with Crippen LogP contribution in [0, 0.1) is 12.1 Å². The minimum atomic E-state index is 0.425. The van der Waals surface area contributed by atoms with Gasteiger partial charge >= 0.3 is 0 Å². The summed E-state index contributed by atoms with van der Waals surface area (Å²) >= 11 is 0. The standard InChI is InChI=1S/C12H20N2O2/c1-3-4-5-6-7-16-10-12-9-14(15)11(2)8-13-12/h8-9H,3-7,10H2,1-2H3. The van der Waals surface area contributed by atoms with E-state index < -0.39 is 0 Å². The second-order valence-electron chi connectivity index (χ2n) is 3.96. The molecular formula is C12H20N2O2. The van der Waals surface area contributed by atoms with Crippen molar-refractivity contribution in [1.82, 2.24) is 4.98 Å². The maximum atomic E-state index is 11.2. The third kappa shape index (κ3) is 4.57. The number of unbranched alkanes of at least 4 members (excludes halogenated alkanes) is 3. The molecule has 0 saturated heterocycles. The molecule has 0 radical (unpaired) electrons. The molecule has 0 saturated carbocycles. The molecule has 90 valence electrons. The Labute approximate surface area is 96.9 Å². The molecule has 0 aliphatic carbocycles. The quantitative estimate of drug-likeness (QED) is 0.405. The van der Waals surface area contributed by atoms with Crippen LogP contribution in [-0.4, -0.2) is 11.6 Å². The minimum absolute atomic E-state index is 0.425. The number of nitrogens with zero attached hydrogens (tertiary/aromatic N) is 2. The zero-order chi connectivity index (χ0) is 11.8. The van der Waals surface area contributed by atoms with Gasteiger partial charge in [0.25, 0.3) is 0 Å². The molecule has 4 nitrogen and oxygen atoms in total. The molecule has 0 unspecified atom stereocenters. The molecule has 16 heavy (non-hydrogen) atoms. The van der Waals surface area contributed by atoms with Crippen molar-refractivity contribution in [3.05, 3.63) is 29.0 Å². The van der Waals surface area contributed by atoms with Gasteiger partial charge in [-0.1, -0.05) is 26.2 Å². The first kappa shape index (κ1) is 12.9. The number of aryl methyl sites for hydroxylation is 1. The lowest BCUT2D eigenvalue weighted by molar-refractivity contribution is -0.613. The van der Waals surface area contributed by atoms with Gasteiger partial charge in [0.2, 0.25) is 11.9 Å². The predicted octanol–water partition coefficient (Wildman–Crippen LogP) is 2.12. The van der Waals surface area contributed by atoms with Gasteiger partial charge in [0.15, 0.2) is 0 Å². The van der Waals surface area contributed by atoms with Crippen molar-refractivity contribution in [2.75, 3.05) is 6.61 Å². The van der Waals surface area contributed by atoms with Crippen LogP contribution in [0.1, 0.15) is 44.0 Å². The number of aromatic nitrogens is 2. The molecule has 0 spiro atoms. The van der Waals surface area contributed by atoms with E-state index in [4.69, 9.17) is 4.74 Å². The second-order valence-corrected chi connectivity index (χ2v) is 3.96. The zero-order valence-corrected chi connectivity index (χ0v) is 10.1. The summed E-state index contributed by atoms with van der Waals surface area (Å²) in [6.45, 7) is 5.09. The lowest BCUT2D eigenvalue weighted by atomic mass is 10.2. The molecule has 0 bridgehead atoms. The van der Waals surface area contributed by atoms with Crippen LogP contribution in [0.25, 0.3) is 0 Å². The lowest BCUT2D eigenvalue weighted by Gasteiger charge is -2.04. The molecule has 1 aromatic rings. The zero-order valence-electron chi connectivity index (χ0n) is 10.1. The fourth-order valence-electron chi connectivity index (χ4n) is 1.39. The van der Waals surface area contributed by atoms with Gasteiger partial charge in [0.1, 0.15) is 5.69 Å². The van der Waals surface area contributed by atoms with Crippen molar-refractivity contribution in [2.24, 2.45) is 0 Å². The van der Waals surface area contributed by atoms with Crippen LogP contribution in [0.15, 0.2) is 12.4 Å². The van der Waals surface area contributed by atoms with Crippen LogP contribution in [0.2, 0.25) is 0 Å². The molecule has 4 heteroatoms. The van der Waals surface area contributed by atoms with E-state index in [9.17, 15) is 5.21 Å². The average molecular weight is 224 g/mol. The number of hydrogen-bond donors (Lipinski definition) is 0. The Balaban J connectivity index is 2.19. The van der Waals surface area contributed by atoms with E-state index in [0.29, 0.717) is 18.0 Å². The third-order valence-corrected chi connectivity index (χ3v) is 2.42. The SMILES string of the molecule is CCCCCCOCc1c[n+]([O-])c(C)cn1. The molecule has 0 atom stereocenters. The monoisotopic (exact) mass is 224 g/mol. The van der Waals surface area contributed by atoms with Crippen molar-refractivity contribution in [1.29, 1.82) is 0 Å². The first-order valence-corrected chi connectivity index (χ1v) is 5.86. The van der Waals surface area contributed by atoms with E-state index in [1.54, 1.807) is 13.1 Å². The summed E-state index contributed by atoms with van der Waals surface area (Å²) in [6.07, 6.45) is 7.82.